The van der Waals surface area contributed by atoms with Crippen molar-refractivity contribution in [2.45, 2.75) is 6.10 Å². The highest BCUT2D eigenvalue weighted by molar-refractivity contribution is 6.22. The number of imidazole rings is 1. The zero-order valence-electron chi connectivity index (χ0n) is 16.1. The van der Waals surface area contributed by atoms with Crippen molar-refractivity contribution in [3.8, 4) is 0 Å². The van der Waals surface area contributed by atoms with Crippen LogP contribution in [0.4, 0.5) is 15.1 Å². The lowest BCUT2D eigenvalue weighted by atomic mass is 9.92. The third kappa shape index (κ3) is 3.22. The molecule has 0 saturated carbocycles. The summed E-state index contributed by atoms with van der Waals surface area (Å²) in [5.41, 5.74) is 2.87. The van der Waals surface area contributed by atoms with Crippen molar-refractivity contribution < 1.29 is 18.7 Å². The maximum atomic E-state index is 14.5. The second-order valence-corrected chi connectivity index (χ2v) is 7.44. The summed E-state index contributed by atoms with van der Waals surface area (Å²) >= 11 is 0. The first-order valence-electron chi connectivity index (χ1n) is 9.51. The van der Waals surface area contributed by atoms with Crippen LogP contribution in [-0.4, -0.2) is 65.2 Å². The Kier molecular flexibility index (Phi) is 4.32. The first-order chi connectivity index (χ1) is 14.5. The van der Waals surface area contributed by atoms with Gasteiger partial charge >= 0.3 is 6.09 Å². The molecule has 30 heavy (non-hydrogen) atoms. The minimum Gasteiger partial charge on any atom is -0.443 e. The molecule has 152 valence electrons. The van der Waals surface area contributed by atoms with Crippen LogP contribution in [0.3, 0.4) is 0 Å². The molecule has 0 unspecified atom stereocenters. The van der Waals surface area contributed by atoms with Crippen LogP contribution in [0.25, 0.3) is 11.0 Å². The van der Waals surface area contributed by atoms with E-state index >= 15 is 0 Å². The number of carbonyl (C=O) groups excluding carboxylic acids is 2. The van der Waals surface area contributed by atoms with Crippen LogP contribution in [0.2, 0.25) is 0 Å². The van der Waals surface area contributed by atoms with Gasteiger partial charge in [0.15, 0.2) is 5.78 Å². The summed E-state index contributed by atoms with van der Waals surface area (Å²) in [4.78, 5) is 37.8. The van der Waals surface area contributed by atoms with Gasteiger partial charge in [0.2, 0.25) is 5.95 Å². The molecular weight excluding hydrogens is 389 g/mol. The van der Waals surface area contributed by atoms with Crippen molar-refractivity contribution in [1.82, 2.24) is 14.9 Å². The van der Waals surface area contributed by atoms with Gasteiger partial charge in [-0.15, -0.1) is 0 Å². The van der Waals surface area contributed by atoms with Crippen molar-refractivity contribution in [2.24, 2.45) is 4.99 Å². The first kappa shape index (κ1) is 18.4. The molecule has 2 aromatic carbocycles. The summed E-state index contributed by atoms with van der Waals surface area (Å²) in [5, 5.41) is 2.59. The molecule has 8 nitrogen and oxygen atoms in total. The number of rotatable bonds is 3. The number of ether oxygens (including phenoxy) is 1. The van der Waals surface area contributed by atoms with Crippen LogP contribution in [0.15, 0.2) is 41.4 Å². The summed E-state index contributed by atoms with van der Waals surface area (Å²) in [5.74, 6) is -0.443. The van der Waals surface area contributed by atoms with E-state index in [1.54, 1.807) is 24.3 Å². The predicted molar refractivity (Wildman–Crippen MR) is 109 cm³/mol. The van der Waals surface area contributed by atoms with Gasteiger partial charge in [0.25, 0.3) is 0 Å². The molecule has 2 aliphatic rings. The van der Waals surface area contributed by atoms with Gasteiger partial charge in [-0.2, -0.15) is 0 Å². The summed E-state index contributed by atoms with van der Waals surface area (Å²) in [6, 6.07) is 9.72. The molecule has 0 radical (unpaired) electrons. The molecule has 0 bridgehead atoms. The van der Waals surface area contributed by atoms with Gasteiger partial charge in [0.05, 0.1) is 16.7 Å². The Labute approximate surface area is 170 Å². The summed E-state index contributed by atoms with van der Waals surface area (Å²) in [6.45, 7) is 1.39. The lowest BCUT2D eigenvalue weighted by Crippen LogP contribution is -2.50. The average Bonchev–Trinajstić information content (AvgIpc) is 3.09. The third-order valence-corrected chi connectivity index (χ3v) is 5.21. The van der Waals surface area contributed by atoms with Crippen molar-refractivity contribution in [2.75, 3.05) is 32.0 Å². The molecule has 0 aliphatic carbocycles. The standard InChI is InChI=1S/C21H18FN5O3/c1-27-9-12(10-27)30-21(29)26-20-24-15-6-5-11(7-16(15)25-20)19-18-13(17(28)8-23-19)3-2-4-14(18)22/h2-7,12H,8-10H2,1H3,(H2,24,25,26,29). The lowest BCUT2D eigenvalue weighted by Gasteiger charge is -2.34. The quantitative estimate of drug-likeness (QED) is 0.695. The number of likely N-dealkylation sites (tertiary alicyclic amines) is 1. The Morgan fingerprint density at radius 1 is 1.30 bits per heavy atom. The smallest absolute Gasteiger partial charge is 0.414 e. The first-order valence-corrected chi connectivity index (χ1v) is 9.51. The van der Waals surface area contributed by atoms with Crippen molar-refractivity contribution in [3.63, 3.8) is 0 Å². The van der Waals surface area contributed by atoms with Gasteiger partial charge < -0.3 is 9.72 Å². The van der Waals surface area contributed by atoms with Gasteiger partial charge in [0, 0.05) is 29.8 Å². The Morgan fingerprint density at radius 3 is 2.93 bits per heavy atom. The van der Waals surface area contributed by atoms with E-state index in [1.165, 1.54) is 12.1 Å². The Balaban J connectivity index is 1.41. The molecule has 1 aromatic heterocycles. The molecule has 2 N–H and O–H groups in total. The Hall–Kier alpha value is -3.59. The lowest BCUT2D eigenvalue weighted by molar-refractivity contribution is 0.00676. The largest absolute Gasteiger partial charge is 0.443 e. The number of anilines is 1. The number of fused-ring (bicyclic) bond motifs is 2. The highest BCUT2D eigenvalue weighted by Gasteiger charge is 2.27. The van der Waals surface area contributed by atoms with Crippen molar-refractivity contribution in [1.29, 1.82) is 0 Å². The molecule has 0 spiro atoms. The number of aromatic amines is 1. The highest BCUT2D eigenvalue weighted by atomic mass is 19.1. The SMILES string of the molecule is CN1CC(OC(=O)Nc2nc3ccc(C4=NCC(=O)c5cccc(F)c54)cc3[nH]2)C1. The van der Waals surface area contributed by atoms with Crippen LogP contribution in [0, 0.1) is 5.82 Å². The van der Waals surface area contributed by atoms with Gasteiger partial charge in [0.1, 0.15) is 18.5 Å². The Morgan fingerprint density at radius 2 is 2.13 bits per heavy atom. The van der Waals surface area contributed by atoms with Crippen molar-refractivity contribution >= 4 is 34.6 Å². The number of amides is 1. The van der Waals surface area contributed by atoms with E-state index in [0.29, 0.717) is 41.0 Å². The number of carbonyl (C=O) groups is 2. The van der Waals surface area contributed by atoms with Crippen LogP contribution in [0.5, 0.6) is 0 Å². The molecule has 1 amide bonds. The highest BCUT2D eigenvalue weighted by Crippen LogP contribution is 2.25. The number of likely N-dealkylation sites (N-methyl/N-ethyl adjacent to an activating group) is 1. The molecule has 0 atom stereocenters. The van der Waals surface area contributed by atoms with Crippen molar-refractivity contribution in [3.05, 3.63) is 58.9 Å². The maximum absolute atomic E-state index is 14.5. The van der Waals surface area contributed by atoms with Crippen LogP contribution in [-0.2, 0) is 4.74 Å². The van der Waals surface area contributed by atoms with Gasteiger partial charge in [-0.1, -0.05) is 18.2 Å². The fraction of sp³-hybridized carbons (Fsp3) is 0.238. The summed E-state index contributed by atoms with van der Waals surface area (Å²) in [6.07, 6.45) is -0.688. The molecule has 3 heterocycles. The summed E-state index contributed by atoms with van der Waals surface area (Å²) in [7, 11) is 1.95. The van der Waals surface area contributed by atoms with E-state index in [-0.39, 0.29) is 29.9 Å². The van der Waals surface area contributed by atoms with Gasteiger partial charge in [-0.3, -0.25) is 20.0 Å². The van der Waals surface area contributed by atoms with E-state index in [9.17, 15) is 14.0 Å². The predicted octanol–water partition coefficient (Wildman–Crippen LogP) is 2.60. The zero-order valence-corrected chi connectivity index (χ0v) is 16.1. The number of aromatic nitrogens is 2. The number of ketones is 1. The minimum absolute atomic E-state index is 0.0260. The number of aliphatic imine (C=N–C) groups is 1. The normalized spacial score (nSPS) is 16.7. The average molecular weight is 407 g/mol. The number of hydrogen-bond donors (Lipinski definition) is 2. The molecular formula is C21H18FN5O3. The Bertz CT molecular complexity index is 1210. The topological polar surface area (TPSA) is 99.7 Å². The number of halogens is 1. The maximum Gasteiger partial charge on any atom is 0.414 e. The van der Waals surface area contributed by atoms with Gasteiger partial charge in [-0.05, 0) is 25.2 Å². The number of H-pyrrole nitrogens is 1. The monoisotopic (exact) mass is 407 g/mol. The number of hydrogen-bond acceptors (Lipinski definition) is 6. The second kappa shape index (κ2) is 7.03. The fourth-order valence-electron chi connectivity index (χ4n) is 3.76. The number of nitrogens with zero attached hydrogens (tertiary/aromatic N) is 3. The molecule has 5 rings (SSSR count). The van der Waals surface area contributed by atoms with E-state index in [0.717, 1.165) is 0 Å². The van der Waals surface area contributed by atoms with Crippen LogP contribution < -0.4 is 5.32 Å². The molecule has 2 aliphatic heterocycles. The zero-order chi connectivity index (χ0) is 20.8. The molecule has 9 heteroatoms. The summed E-state index contributed by atoms with van der Waals surface area (Å²) < 4.78 is 19.8. The third-order valence-electron chi connectivity index (χ3n) is 5.21. The molecule has 1 saturated heterocycles. The fourth-order valence-corrected chi connectivity index (χ4v) is 3.76. The van der Waals surface area contributed by atoms with E-state index in [1.807, 2.05) is 11.9 Å². The van der Waals surface area contributed by atoms with Gasteiger partial charge in [-0.25, -0.2) is 14.2 Å². The molecule has 1 fully saturated rings. The van der Waals surface area contributed by atoms with Crippen LogP contribution >= 0.6 is 0 Å². The number of benzene rings is 2. The molecule has 3 aromatic rings. The van der Waals surface area contributed by atoms with E-state index < -0.39 is 11.9 Å². The van der Waals surface area contributed by atoms with E-state index in [4.69, 9.17) is 4.74 Å². The minimum atomic E-state index is -0.571. The second-order valence-electron chi connectivity index (χ2n) is 7.44. The van der Waals surface area contributed by atoms with Crippen LogP contribution in [0.1, 0.15) is 21.5 Å². The number of Topliss-reactive ketones (excluding diaryl/α,β-unsaturated/α-hetero) is 1. The number of nitrogens with one attached hydrogen (secondary N) is 2. The van der Waals surface area contributed by atoms with E-state index in [2.05, 4.69) is 20.3 Å².